The van der Waals surface area contributed by atoms with Crippen molar-refractivity contribution in [1.29, 1.82) is 0 Å². The maximum atomic E-state index is 12.0. The van der Waals surface area contributed by atoms with E-state index in [1.54, 1.807) is 24.3 Å². The molecule has 0 radical (unpaired) electrons. The van der Waals surface area contributed by atoms with E-state index >= 15 is 0 Å². The van der Waals surface area contributed by atoms with Crippen molar-refractivity contribution in [3.05, 3.63) is 47.7 Å². The molecule has 0 bridgehead atoms. The van der Waals surface area contributed by atoms with Gasteiger partial charge in [-0.1, -0.05) is 30.3 Å². The van der Waals surface area contributed by atoms with Gasteiger partial charge >= 0.3 is 0 Å². The van der Waals surface area contributed by atoms with Crippen LogP contribution in [0.2, 0.25) is 0 Å². The van der Waals surface area contributed by atoms with E-state index in [1.807, 2.05) is 6.07 Å². The lowest BCUT2D eigenvalue weighted by Crippen LogP contribution is -2.09. The van der Waals surface area contributed by atoms with Crippen molar-refractivity contribution >= 4 is 17.5 Å². The van der Waals surface area contributed by atoms with Crippen molar-refractivity contribution in [2.45, 2.75) is 0 Å². The number of nitrogens with two attached hydrogens (primary N) is 2. The number of nitrogen functional groups attached to an aromatic ring is 2. The lowest BCUT2D eigenvalue weighted by molar-refractivity contribution is 0.103. The number of hydrogen-bond acceptors (Lipinski definition) is 5. The van der Waals surface area contributed by atoms with Gasteiger partial charge in [-0.25, -0.2) is 4.98 Å². The molecule has 16 heavy (non-hydrogen) atoms. The van der Waals surface area contributed by atoms with Crippen LogP contribution >= 0.6 is 0 Å². The van der Waals surface area contributed by atoms with Gasteiger partial charge in [0.15, 0.2) is 5.78 Å². The maximum Gasteiger partial charge on any atom is 0.221 e. The molecule has 2 rings (SSSR count). The van der Waals surface area contributed by atoms with Crippen LogP contribution in [0.25, 0.3) is 0 Å². The van der Waals surface area contributed by atoms with Crippen molar-refractivity contribution in [3.8, 4) is 0 Å². The summed E-state index contributed by atoms with van der Waals surface area (Å²) in [5, 5.41) is 0. The molecule has 0 atom stereocenters. The molecular formula is C11H10N4O. The first kappa shape index (κ1) is 10.1. The molecule has 1 heterocycles. The number of carbonyl (C=O) groups excluding carboxylic acids is 1. The Morgan fingerprint density at radius 2 is 1.81 bits per heavy atom. The van der Waals surface area contributed by atoms with Crippen molar-refractivity contribution in [2.75, 3.05) is 11.5 Å². The van der Waals surface area contributed by atoms with E-state index in [-0.39, 0.29) is 23.1 Å². The average molecular weight is 214 g/mol. The number of aromatic nitrogens is 2. The molecule has 0 aliphatic carbocycles. The summed E-state index contributed by atoms with van der Waals surface area (Å²) in [4.78, 5) is 19.5. The van der Waals surface area contributed by atoms with Gasteiger partial charge in [-0.15, -0.1) is 0 Å². The van der Waals surface area contributed by atoms with Gasteiger partial charge in [0.05, 0.1) is 5.56 Å². The second-order valence-electron chi connectivity index (χ2n) is 3.22. The van der Waals surface area contributed by atoms with Gasteiger partial charge in [0.1, 0.15) is 5.82 Å². The van der Waals surface area contributed by atoms with Crippen LogP contribution in [-0.4, -0.2) is 15.8 Å². The number of ketones is 1. The summed E-state index contributed by atoms with van der Waals surface area (Å²) in [5.74, 6) is -0.0541. The van der Waals surface area contributed by atoms with E-state index in [0.717, 1.165) is 0 Å². The molecule has 0 saturated heterocycles. The van der Waals surface area contributed by atoms with E-state index < -0.39 is 0 Å². The molecule has 0 fully saturated rings. The first-order valence-corrected chi connectivity index (χ1v) is 4.66. The minimum Gasteiger partial charge on any atom is -0.383 e. The number of anilines is 2. The Hall–Kier alpha value is -2.43. The highest BCUT2D eigenvalue weighted by Crippen LogP contribution is 2.14. The van der Waals surface area contributed by atoms with E-state index in [4.69, 9.17) is 11.5 Å². The minimum absolute atomic E-state index is 0.0575. The zero-order valence-electron chi connectivity index (χ0n) is 8.42. The second kappa shape index (κ2) is 3.98. The Morgan fingerprint density at radius 3 is 2.44 bits per heavy atom. The molecule has 5 nitrogen and oxygen atoms in total. The Kier molecular flexibility index (Phi) is 2.51. The highest BCUT2D eigenvalue weighted by atomic mass is 16.1. The molecule has 0 aliphatic rings. The van der Waals surface area contributed by atoms with Crippen LogP contribution in [0, 0.1) is 0 Å². The normalized spacial score (nSPS) is 10.0. The van der Waals surface area contributed by atoms with Crippen LogP contribution in [-0.2, 0) is 0 Å². The molecule has 0 saturated carbocycles. The van der Waals surface area contributed by atoms with Gasteiger partial charge in [0, 0.05) is 11.8 Å². The third kappa shape index (κ3) is 1.83. The molecule has 4 N–H and O–H groups in total. The van der Waals surface area contributed by atoms with Gasteiger partial charge in [-0.2, -0.15) is 4.98 Å². The van der Waals surface area contributed by atoms with E-state index in [9.17, 15) is 4.79 Å². The monoisotopic (exact) mass is 214 g/mol. The number of rotatable bonds is 2. The van der Waals surface area contributed by atoms with E-state index in [1.165, 1.54) is 6.20 Å². The van der Waals surface area contributed by atoms with Crippen LogP contribution in [0.5, 0.6) is 0 Å². The smallest absolute Gasteiger partial charge is 0.221 e. The van der Waals surface area contributed by atoms with Crippen LogP contribution in [0.4, 0.5) is 11.8 Å². The highest BCUT2D eigenvalue weighted by molar-refractivity contribution is 6.11. The topological polar surface area (TPSA) is 94.9 Å². The molecule has 1 aromatic carbocycles. The summed E-state index contributed by atoms with van der Waals surface area (Å²) in [6.45, 7) is 0. The lowest BCUT2D eigenvalue weighted by atomic mass is 10.1. The van der Waals surface area contributed by atoms with Gasteiger partial charge in [-0.3, -0.25) is 4.79 Å². The fourth-order valence-corrected chi connectivity index (χ4v) is 1.33. The minimum atomic E-state index is -0.210. The summed E-state index contributed by atoms with van der Waals surface area (Å²) in [7, 11) is 0. The molecule has 5 heteroatoms. The number of nitrogens with zero attached hydrogens (tertiary/aromatic N) is 2. The van der Waals surface area contributed by atoms with Crippen LogP contribution < -0.4 is 11.5 Å². The molecular weight excluding hydrogens is 204 g/mol. The largest absolute Gasteiger partial charge is 0.383 e. The highest BCUT2D eigenvalue weighted by Gasteiger charge is 2.13. The lowest BCUT2D eigenvalue weighted by Gasteiger charge is -2.03. The van der Waals surface area contributed by atoms with Crippen LogP contribution in [0.1, 0.15) is 15.9 Å². The Balaban J connectivity index is 2.42. The summed E-state index contributed by atoms with van der Waals surface area (Å²) in [6, 6.07) is 8.80. The zero-order valence-corrected chi connectivity index (χ0v) is 8.42. The number of benzene rings is 1. The van der Waals surface area contributed by atoms with Crippen molar-refractivity contribution < 1.29 is 4.79 Å². The van der Waals surface area contributed by atoms with Crippen LogP contribution in [0.15, 0.2) is 36.5 Å². The van der Waals surface area contributed by atoms with Crippen molar-refractivity contribution in [3.63, 3.8) is 0 Å². The predicted molar refractivity (Wildman–Crippen MR) is 60.7 cm³/mol. The summed E-state index contributed by atoms with van der Waals surface area (Å²) in [6.07, 6.45) is 1.34. The average Bonchev–Trinajstić information content (AvgIpc) is 2.29. The molecule has 0 aliphatic heterocycles. The third-order valence-corrected chi connectivity index (χ3v) is 2.12. The van der Waals surface area contributed by atoms with E-state index in [0.29, 0.717) is 5.56 Å². The Morgan fingerprint density at radius 1 is 1.12 bits per heavy atom. The molecule has 1 aromatic heterocycles. The summed E-state index contributed by atoms with van der Waals surface area (Å²) in [5.41, 5.74) is 11.8. The van der Waals surface area contributed by atoms with Crippen LogP contribution in [0.3, 0.4) is 0 Å². The SMILES string of the molecule is Nc1ncc(C(=O)c2ccccc2)c(N)n1. The van der Waals surface area contributed by atoms with Crippen molar-refractivity contribution in [2.24, 2.45) is 0 Å². The first-order valence-electron chi connectivity index (χ1n) is 4.66. The first-order chi connectivity index (χ1) is 7.68. The molecule has 0 spiro atoms. The molecule has 0 amide bonds. The predicted octanol–water partition coefficient (Wildman–Crippen LogP) is 0.872. The van der Waals surface area contributed by atoms with E-state index in [2.05, 4.69) is 9.97 Å². The summed E-state index contributed by atoms with van der Waals surface area (Å²) >= 11 is 0. The Bertz CT molecular complexity index is 525. The fraction of sp³-hybridized carbons (Fsp3) is 0. The molecule has 2 aromatic rings. The fourth-order valence-electron chi connectivity index (χ4n) is 1.33. The van der Waals surface area contributed by atoms with Gasteiger partial charge < -0.3 is 11.5 Å². The third-order valence-electron chi connectivity index (χ3n) is 2.12. The van der Waals surface area contributed by atoms with Gasteiger partial charge in [-0.05, 0) is 0 Å². The quantitative estimate of drug-likeness (QED) is 0.723. The standard InChI is InChI=1S/C11H10N4O/c12-10-8(6-14-11(13)15-10)9(16)7-4-2-1-3-5-7/h1-6H,(H4,12,13,14,15). The Labute approximate surface area is 92.1 Å². The number of hydrogen-bond donors (Lipinski definition) is 2. The number of carbonyl (C=O) groups is 1. The van der Waals surface area contributed by atoms with Gasteiger partial charge in [0.25, 0.3) is 0 Å². The van der Waals surface area contributed by atoms with Crippen molar-refractivity contribution in [1.82, 2.24) is 9.97 Å². The molecule has 80 valence electrons. The maximum absolute atomic E-state index is 12.0. The summed E-state index contributed by atoms with van der Waals surface area (Å²) < 4.78 is 0. The molecule has 0 unspecified atom stereocenters. The van der Waals surface area contributed by atoms with Gasteiger partial charge in [0.2, 0.25) is 5.95 Å². The zero-order chi connectivity index (χ0) is 11.5. The second-order valence-corrected chi connectivity index (χ2v) is 3.22.